The van der Waals surface area contributed by atoms with Crippen molar-refractivity contribution in [1.29, 1.82) is 0 Å². The van der Waals surface area contributed by atoms with Gasteiger partial charge in [0.2, 0.25) is 0 Å². The number of para-hydroxylation sites is 5. The third kappa shape index (κ3) is 4.03. The molecule has 0 spiro atoms. The van der Waals surface area contributed by atoms with Crippen molar-refractivity contribution in [3.63, 3.8) is 0 Å². The number of hydrogen-bond acceptors (Lipinski definition) is 2. The molecule has 6 aromatic carbocycles. The molecule has 1 aromatic heterocycles. The molecule has 0 atom stereocenters. The van der Waals surface area contributed by atoms with Crippen LogP contribution in [0.4, 0.5) is 11.4 Å². The van der Waals surface area contributed by atoms with Crippen LogP contribution in [-0.2, 0) is 0 Å². The average Bonchev–Trinajstić information content (AvgIpc) is 3.39. The minimum atomic E-state index is 0.933. The minimum absolute atomic E-state index is 0.933. The van der Waals surface area contributed by atoms with Gasteiger partial charge in [-0.1, -0.05) is 115 Å². The van der Waals surface area contributed by atoms with Gasteiger partial charge in [-0.3, -0.25) is 4.57 Å². The smallest absolute Gasteiger partial charge is 0.145 e. The standard InChI is InChI=1S/C39H27N3/c1-3-13-30(14-4-1)41-27-35(33-18-8-7-17-32(33)34-19-9-11-21-37(34)41)28-23-25-29(26-24-28)39-40-36-20-10-12-22-38(36)42(39)31-15-5-2-6-16-31/h1-27H. The van der Waals surface area contributed by atoms with Gasteiger partial charge in [-0.25, -0.2) is 4.98 Å². The van der Waals surface area contributed by atoms with Crippen LogP contribution in [0, 0.1) is 0 Å². The molecule has 0 amide bonds. The van der Waals surface area contributed by atoms with Gasteiger partial charge in [0, 0.05) is 34.3 Å². The Morgan fingerprint density at radius 3 is 1.76 bits per heavy atom. The number of anilines is 2. The van der Waals surface area contributed by atoms with Gasteiger partial charge in [0.1, 0.15) is 5.82 Å². The van der Waals surface area contributed by atoms with Crippen molar-refractivity contribution in [2.24, 2.45) is 0 Å². The minimum Gasteiger partial charge on any atom is -0.316 e. The molecule has 42 heavy (non-hydrogen) atoms. The highest BCUT2D eigenvalue weighted by atomic mass is 15.1. The van der Waals surface area contributed by atoms with E-state index in [9.17, 15) is 0 Å². The first-order valence-electron chi connectivity index (χ1n) is 14.2. The lowest BCUT2D eigenvalue weighted by atomic mass is 9.91. The largest absolute Gasteiger partial charge is 0.316 e. The highest BCUT2D eigenvalue weighted by molar-refractivity contribution is 5.98. The third-order valence-electron chi connectivity index (χ3n) is 7.99. The van der Waals surface area contributed by atoms with Gasteiger partial charge in [-0.15, -0.1) is 0 Å². The molecular weight excluding hydrogens is 510 g/mol. The fourth-order valence-corrected chi connectivity index (χ4v) is 6.02. The van der Waals surface area contributed by atoms with Gasteiger partial charge in [-0.2, -0.15) is 0 Å². The van der Waals surface area contributed by atoms with Crippen molar-refractivity contribution in [2.45, 2.75) is 0 Å². The van der Waals surface area contributed by atoms with Crippen LogP contribution in [0.5, 0.6) is 0 Å². The first-order chi connectivity index (χ1) is 20.8. The number of aromatic nitrogens is 2. The van der Waals surface area contributed by atoms with Gasteiger partial charge in [0.05, 0.1) is 16.7 Å². The van der Waals surface area contributed by atoms with E-state index in [1.807, 2.05) is 12.1 Å². The summed E-state index contributed by atoms with van der Waals surface area (Å²) in [5.74, 6) is 0.933. The highest BCUT2D eigenvalue weighted by Gasteiger charge is 2.23. The monoisotopic (exact) mass is 537 g/mol. The molecular formula is C39H27N3. The Morgan fingerprint density at radius 1 is 0.429 bits per heavy atom. The van der Waals surface area contributed by atoms with Crippen LogP contribution < -0.4 is 4.90 Å². The van der Waals surface area contributed by atoms with Crippen molar-refractivity contribution >= 4 is 28.0 Å². The molecule has 0 radical (unpaired) electrons. The molecule has 0 aliphatic carbocycles. The summed E-state index contributed by atoms with van der Waals surface area (Å²) in [5, 5.41) is 0. The number of fused-ring (bicyclic) bond motifs is 4. The Kier molecular flexibility index (Phi) is 5.79. The third-order valence-corrected chi connectivity index (χ3v) is 7.99. The molecule has 3 nitrogen and oxygen atoms in total. The number of nitrogens with zero attached hydrogens (tertiary/aromatic N) is 3. The molecule has 0 saturated heterocycles. The predicted octanol–water partition coefficient (Wildman–Crippen LogP) is 9.90. The Labute approximate surface area is 245 Å². The van der Waals surface area contributed by atoms with Gasteiger partial charge in [0.25, 0.3) is 0 Å². The maximum Gasteiger partial charge on any atom is 0.145 e. The van der Waals surface area contributed by atoms with Gasteiger partial charge < -0.3 is 4.90 Å². The number of rotatable bonds is 4. The van der Waals surface area contributed by atoms with Gasteiger partial charge in [0.15, 0.2) is 0 Å². The molecule has 1 aliphatic heterocycles. The van der Waals surface area contributed by atoms with E-state index in [-0.39, 0.29) is 0 Å². The highest BCUT2D eigenvalue weighted by Crippen LogP contribution is 2.44. The fourth-order valence-electron chi connectivity index (χ4n) is 6.02. The van der Waals surface area contributed by atoms with Crippen LogP contribution in [-0.4, -0.2) is 9.55 Å². The van der Waals surface area contributed by atoms with Gasteiger partial charge >= 0.3 is 0 Å². The average molecular weight is 538 g/mol. The summed E-state index contributed by atoms with van der Waals surface area (Å²) in [5.41, 5.74) is 12.5. The lowest BCUT2D eigenvalue weighted by Gasteiger charge is -2.23. The van der Waals surface area contributed by atoms with Crippen molar-refractivity contribution < 1.29 is 0 Å². The van der Waals surface area contributed by atoms with E-state index >= 15 is 0 Å². The van der Waals surface area contributed by atoms with E-state index in [4.69, 9.17) is 4.98 Å². The summed E-state index contributed by atoms with van der Waals surface area (Å²) in [7, 11) is 0. The predicted molar refractivity (Wildman–Crippen MR) is 174 cm³/mol. The van der Waals surface area contributed by atoms with Crippen LogP contribution >= 0.6 is 0 Å². The molecule has 0 unspecified atom stereocenters. The van der Waals surface area contributed by atoms with E-state index in [1.165, 1.54) is 28.0 Å². The summed E-state index contributed by atoms with van der Waals surface area (Å²) in [6.07, 6.45) is 2.29. The number of imidazole rings is 1. The zero-order valence-corrected chi connectivity index (χ0v) is 22.9. The fraction of sp³-hybridized carbons (Fsp3) is 0. The lowest BCUT2D eigenvalue weighted by molar-refractivity contribution is 1.10. The van der Waals surface area contributed by atoms with Crippen molar-refractivity contribution in [2.75, 3.05) is 4.90 Å². The molecule has 1 aliphatic rings. The SMILES string of the molecule is C1=C(c2ccc(-c3nc4ccccc4n3-c3ccccc3)cc2)c2ccccc2-c2ccccc2N1c1ccccc1. The summed E-state index contributed by atoms with van der Waals surface area (Å²) in [6.45, 7) is 0. The first-order valence-corrected chi connectivity index (χ1v) is 14.2. The summed E-state index contributed by atoms with van der Waals surface area (Å²) >= 11 is 0. The normalized spacial score (nSPS) is 12.4. The van der Waals surface area contributed by atoms with Crippen LogP contribution in [0.3, 0.4) is 0 Å². The van der Waals surface area contributed by atoms with Crippen molar-refractivity contribution in [1.82, 2.24) is 9.55 Å². The summed E-state index contributed by atoms with van der Waals surface area (Å²) in [6, 6.07) is 55.6. The molecule has 0 bridgehead atoms. The molecule has 0 fully saturated rings. The summed E-state index contributed by atoms with van der Waals surface area (Å²) in [4.78, 5) is 7.38. The summed E-state index contributed by atoms with van der Waals surface area (Å²) < 4.78 is 2.25. The van der Waals surface area contributed by atoms with Gasteiger partial charge in [-0.05, 0) is 59.2 Å². The maximum atomic E-state index is 5.07. The Balaban J connectivity index is 1.29. The Morgan fingerprint density at radius 2 is 1.00 bits per heavy atom. The zero-order valence-electron chi connectivity index (χ0n) is 22.9. The van der Waals surface area contributed by atoms with Crippen LogP contribution in [0.25, 0.3) is 44.8 Å². The Hall–Kier alpha value is -5.67. The Bertz CT molecular complexity index is 2070. The van der Waals surface area contributed by atoms with Crippen LogP contribution in [0.15, 0.2) is 164 Å². The second-order valence-corrected chi connectivity index (χ2v) is 10.5. The lowest BCUT2D eigenvalue weighted by Crippen LogP contribution is -2.09. The number of benzene rings is 6. The van der Waals surface area contributed by atoms with E-state index in [1.54, 1.807) is 0 Å². The molecule has 3 heteroatoms. The second-order valence-electron chi connectivity index (χ2n) is 10.5. The molecule has 0 saturated carbocycles. The molecule has 0 N–H and O–H groups in total. The van der Waals surface area contributed by atoms with Crippen LogP contribution in [0.2, 0.25) is 0 Å². The van der Waals surface area contributed by atoms with E-state index in [2.05, 4.69) is 161 Å². The quantitative estimate of drug-likeness (QED) is 0.223. The second kappa shape index (κ2) is 10.1. The van der Waals surface area contributed by atoms with E-state index in [0.29, 0.717) is 0 Å². The van der Waals surface area contributed by atoms with Crippen molar-refractivity contribution in [3.8, 4) is 28.2 Å². The molecule has 198 valence electrons. The molecule has 8 rings (SSSR count). The van der Waals surface area contributed by atoms with Crippen LogP contribution in [0.1, 0.15) is 11.1 Å². The van der Waals surface area contributed by atoms with Crippen molar-refractivity contribution in [3.05, 3.63) is 175 Å². The zero-order chi connectivity index (χ0) is 27.9. The maximum absolute atomic E-state index is 5.07. The first kappa shape index (κ1) is 24.2. The van der Waals surface area contributed by atoms with E-state index in [0.717, 1.165) is 39.4 Å². The van der Waals surface area contributed by atoms with E-state index < -0.39 is 0 Å². The molecule has 2 heterocycles. The number of hydrogen-bond donors (Lipinski definition) is 0. The topological polar surface area (TPSA) is 21.1 Å². The molecule has 7 aromatic rings.